The molecular weight excluding hydrogens is 364 g/mol. The van der Waals surface area contributed by atoms with Crippen molar-refractivity contribution in [3.8, 4) is 0 Å². The Morgan fingerprint density at radius 3 is 2.62 bits per heavy atom. The predicted octanol–water partition coefficient (Wildman–Crippen LogP) is 3.14. The highest BCUT2D eigenvalue weighted by atomic mass is 16.2. The van der Waals surface area contributed by atoms with Crippen LogP contribution in [-0.4, -0.2) is 58.5 Å². The Kier molecular flexibility index (Phi) is 6.34. The summed E-state index contributed by atoms with van der Waals surface area (Å²) in [5.41, 5.74) is 1.94. The first-order valence-electron chi connectivity index (χ1n) is 10.5. The van der Waals surface area contributed by atoms with E-state index in [4.69, 9.17) is 0 Å². The Morgan fingerprint density at radius 1 is 1.03 bits per heavy atom. The smallest absolute Gasteiger partial charge is 0.274 e. The SMILES string of the molecule is O=C(c1cnc(NCCC2=CCCCC2)cn1)N1CCN(c2ccccn2)CC1. The second-order valence-corrected chi connectivity index (χ2v) is 7.54. The van der Waals surface area contributed by atoms with E-state index in [2.05, 4.69) is 31.2 Å². The molecule has 2 aliphatic rings. The summed E-state index contributed by atoms with van der Waals surface area (Å²) in [6.45, 7) is 3.71. The maximum Gasteiger partial charge on any atom is 0.274 e. The summed E-state index contributed by atoms with van der Waals surface area (Å²) in [6.07, 6.45) is 13.5. The average Bonchev–Trinajstić information content (AvgIpc) is 2.80. The number of nitrogens with zero attached hydrogens (tertiary/aromatic N) is 5. The topological polar surface area (TPSA) is 74.2 Å². The van der Waals surface area contributed by atoms with Crippen molar-refractivity contribution in [2.45, 2.75) is 32.1 Å². The zero-order valence-corrected chi connectivity index (χ0v) is 16.8. The average molecular weight is 393 g/mol. The van der Waals surface area contributed by atoms with Crippen LogP contribution in [0.4, 0.5) is 11.6 Å². The number of carbonyl (C=O) groups is 1. The van der Waals surface area contributed by atoms with Crippen LogP contribution in [0.25, 0.3) is 0 Å². The number of hydrogen-bond acceptors (Lipinski definition) is 6. The van der Waals surface area contributed by atoms with Crippen LogP contribution in [0.2, 0.25) is 0 Å². The molecule has 2 aromatic heterocycles. The summed E-state index contributed by atoms with van der Waals surface area (Å²) in [4.78, 5) is 29.9. The first kappa shape index (κ1) is 19.4. The normalized spacial score (nSPS) is 17.0. The number of piperazine rings is 1. The Balaban J connectivity index is 1.25. The van der Waals surface area contributed by atoms with Gasteiger partial charge in [0.1, 0.15) is 17.3 Å². The minimum atomic E-state index is -0.0583. The van der Waals surface area contributed by atoms with E-state index in [1.54, 1.807) is 18.6 Å². The Hall–Kier alpha value is -2.96. The third-order valence-corrected chi connectivity index (χ3v) is 5.55. The van der Waals surface area contributed by atoms with Crippen molar-refractivity contribution in [3.05, 3.63) is 54.1 Å². The van der Waals surface area contributed by atoms with Gasteiger partial charge in [-0.05, 0) is 44.2 Å². The Labute approximate surface area is 171 Å². The van der Waals surface area contributed by atoms with E-state index < -0.39 is 0 Å². The fraction of sp³-hybridized carbons (Fsp3) is 0.455. The molecule has 1 fully saturated rings. The zero-order valence-electron chi connectivity index (χ0n) is 16.8. The zero-order chi connectivity index (χ0) is 19.9. The van der Waals surface area contributed by atoms with Gasteiger partial charge in [-0.1, -0.05) is 17.7 Å². The van der Waals surface area contributed by atoms with E-state index >= 15 is 0 Å². The predicted molar refractivity (Wildman–Crippen MR) is 114 cm³/mol. The molecule has 0 radical (unpaired) electrons. The van der Waals surface area contributed by atoms with E-state index in [1.807, 2.05) is 23.1 Å². The molecule has 0 spiro atoms. The van der Waals surface area contributed by atoms with Crippen LogP contribution in [0.3, 0.4) is 0 Å². The van der Waals surface area contributed by atoms with Gasteiger partial charge in [0.25, 0.3) is 5.91 Å². The number of anilines is 2. The number of carbonyl (C=O) groups excluding carboxylic acids is 1. The summed E-state index contributed by atoms with van der Waals surface area (Å²) >= 11 is 0. The summed E-state index contributed by atoms with van der Waals surface area (Å²) in [5.74, 6) is 1.62. The van der Waals surface area contributed by atoms with Crippen LogP contribution < -0.4 is 10.2 Å². The molecule has 0 saturated carbocycles. The van der Waals surface area contributed by atoms with E-state index in [9.17, 15) is 4.79 Å². The molecule has 1 aliphatic carbocycles. The fourth-order valence-electron chi connectivity index (χ4n) is 3.85. The van der Waals surface area contributed by atoms with E-state index in [0.29, 0.717) is 18.8 Å². The number of hydrogen-bond donors (Lipinski definition) is 1. The molecule has 29 heavy (non-hydrogen) atoms. The molecule has 3 heterocycles. The lowest BCUT2D eigenvalue weighted by atomic mass is 9.97. The highest BCUT2D eigenvalue weighted by Gasteiger charge is 2.23. The quantitative estimate of drug-likeness (QED) is 0.762. The van der Waals surface area contributed by atoms with Crippen molar-refractivity contribution in [3.63, 3.8) is 0 Å². The van der Waals surface area contributed by atoms with Crippen LogP contribution >= 0.6 is 0 Å². The lowest BCUT2D eigenvalue weighted by Crippen LogP contribution is -2.49. The first-order valence-corrected chi connectivity index (χ1v) is 10.5. The largest absolute Gasteiger partial charge is 0.368 e. The maximum atomic E-state index is 12.7. The third-order valence-electron chi connectivity index (χ3n) is 5.55. The van der Waals surface area contributed by atoms with Gasteiger partial charge in [0.2, 0.25) is 0 Å². The molecular formula is C22H28N6O. The van der Waals surface area contributed by atoms with Crippen LogP contribution in [-0.2, 0) is 0 Å². The van der Waals surface area contributed by atoms with Gasteiger partial charge < -0.3 is 15.1 Å². The second-order valence-electron chi connectivity index (χ2n) is 7.54. The molecule has 7 nitrogen and oxygen atoms in total. The molecule has 0 aromatic carbocycles. The molecule has 2 aromatic rings. The number of pyridine rings is 1. The highest BCUT2D eigenvalue weighted by Crippen LogP contribution is 2.20. The molecule has 7 heteroatoms. The number of allylic oxidation sites excluding steroid dienone is 1. The lowest BCUT2D eigenvalue weighted by Gasteiger charge is -2.35. The maximum absolute atomic E-state index is 12.7. The van der Waals surface area contributed by atoms with Crippen LogP contribution in [0.5, 0.6) is 0 Å². The Bertz CT molecular complexity index is 828. The summed E-state index contributed by atoms with van der Waals surface area (Å²) in [5, 5.41) is 3.31. The van der Waals surface area contributed by atoms with Gasteiger partial charge in [-0.3, -0.25) is 4.79 Å². The van der Waals surface area contributed by atoms with E-state index in [1.165, 1.54) is 31.3 Å². The number of rotatable bonds is 6. The van der Waals surface area contributed by atoms with Crippen LogP contribution in [0.1, 0.15) is 42.6 Å². The minimum absolute atomic E-state index is 0.0583. The summed E-state index contributed by atoms with van der Waals surface area (Å²) in [7, 11) is 0. The summed E-state index contributed by atoms with van der Waals surface area (Å²) < 4.78 is 0. The van der Waals surface area contributed by atoms with Crippen molar-refractivity contribution >= 4 is 17.5 Å². The number of nitrogens with one attached hydrogen (secondary N) is 1. The standard InChI is InChI=1S/C22H28N6O/c29-22(28-14-12-27(13-15-28)21-8-4-5-10-24-21)19-16-26-20(17-25-19)23-11-9-18-6-2-1-3-7-18/h4-6,8,10,16-17H,1-3,7,9,11-15H2,(H,23,26). The second kappa shape index (κ2) is 9.49. The van der Waals surface area contributed by atoms with Crippen LogP contribution in [0.15, 0.2) is 48.4 Å². The van der Waals surface area contributed by atoms with E-state index in [0.717, 1.165) is 37.7 Å². The summed E-state index contributed by atoms with van der Waals surface area (Å²) in [6, 6.07) is 5.89. The third kappa shape index (κ3) is 5.10. The van der Waals surface area contributed by atoms with Gasteiger partial charge in [0.15, 0.2) is 0 Å². The van der Waals surface area contributed by atoms with Crippen molar-refractivity contribution < 1.29 is 4.79 Å². The van der Waals surface area contributed by atoms with Gasteiger partial charge >= 0.3 is 0 Å². The Morgan fingerprint density at radius 2 is 1.93 bits per heavy atom. The molecule has 0 atom stereocenters. The fourth-order valence-corrected chi connectivity index (χ4v) is 3.85. The molecule has 1 amide bonds. The van der Waals surface area contributed by atoms with E-state index in [-0.39, 0.29) is 5.91 Å². The highest BCUT2D eigenvalue weighted by molar-refractivity contribution is 5.92. The molecule has 0 unspecified atom stereocenters. The van der Waals surface area contributed by atoms with Gasteiger partial charge in [-0.25, -0.2) is 15.0 Å². The van der Waals surface area contributed by atoms with Crippen molar-refractivity contribution in [1.29, 1.82) is 0 Å². The monoisotopic (exact) mass is 392 g/mol. The van der Waals surface area contributed by atoms with Gasteiger partial charge in [-0.15, -0.1) is 0 Å². The minimum Gasteiger partial charge on any atom is -0.368 e. The number of amides is 1. The molecule has 152 valence electrons. The number of aromatic nitrogens is 3. The molecule has 1 saturated heterocycles. The van der Waals surface area contributed by atoms with Crippen molar-refractivity contribution in [1.82, 2.24) is 19.9 Å². The van der Waals surface area contributed by atoms with Gasteiger partial charge in [0.05, 0.1) is 12.4 Å². The first-order chi connectivity index (χ1) is 14.3. The van der Waals surface area contributed by atoms with Crippen molar-refractivity contribution in [2.24, 2.45) is 0 Å². The van der Waals surface area contributed by atoms with Crippen molar-refractivity contribution in [2.75, 3.05) is 42.9 Å². The molecule has 0 bridgehead atoms. The van der Waals surface area contributed by atoms with Crippen LogP contribution in [0, 0.1) is 0 Å². The van der Waals surface area contributed by atoms with Gasteiger partial charge in [0, 0.05) is 38.9 Å². The molecule has 1 N–H and O–H groups in total. The lowest BCUT2D eigenvalue weighted by molar-refractivity contribution is 0.0740. The molecule has 4 rings (SSSR count). The molecule has 1 aliphatic heterocycles. The van der Waals surface area contributed by atoms with Gasteiger partial charge in [-0.2, -0.15) is 0 Å².